The van der Waals surface area contributed by atoms with Gasteiger partial charge in [-0.2, -0.15) is 0 Å². The van der Waals surface area contributed by atoms with Gasteiger partial charge in [-0.05, 0) is 43.2 Å². The topological polar surface area (TPSA) is 72.0 Å². The lowest BCUT2D eigenvalue weighted by Gasteiger charge is -2.47. The van der Waals surface area contributed by atoms with E-state index in [1.54, 1.807) is 40.3 Å². The first-order chi connectivity index (χ1) is 14.0. The number of carbonyl (C=O) groups excluding carboxylic acids is 2. The number of pyridine rings is 1. The molecule has 0 atom stereocenters. The second-order valence-corrected chi connectivity index (χ2v) is 7.28. The van der Waals surface area contributed by atoms with Crippen LogP contribution < -0.4 is 9.64 Å². The highest BCUT2D eigenvalue weighted by atomic mass is 19.1. The maximum Gasteiger partial charge on any atom is 0.259 e. The van der Waals surface area contributed by atoms with Crippen molar-refractivity contribution in [1.29, 1.82) is 0 Å². The van der Waals surface area contributed by atoms with Gasteiger partial charge in [0.2, 0.25) is 5.88 Å². The first-order valence-electron chi connectivity index (χ1n) is 9.49. The van der Waals surface area contributed by atoms with Gasteiger partial charge in [-0.25, -0.2) is 9.37 Å². The molecule has 0 radical (unpaired) electrons. The minimum atomic E-state index is -0.546. The Labute approximate surface area is 168 Å². The molecule has 0 saturated carbocycles. The summed E-state index contributed by atoms with van der Waals surface area (Å²) in [4.78, 5) is 32.6. The highest BCUT2D eigenvalue weighted by Gasteiger charge is 2.43. The molecule has 2 aromatic rings. The van der Waals surface area contributed by atoms with Gasteiger partial charge < -0.3 is 19.3 Å². The molecule has 7 nitrogen and oxygen atoms in total. The summed E-state index contributed by atoms with van der Waals surface area (Å²) in [6, 6.07) is 9.40. The van der Waals surface area contributed by atoms with E-state index >= 15 is 0 Å². The van der Waals surface area contributed by atoms with Crippen LogP contribution in [0.3, 0.4) is 0 Å². The van der Waals surface area contributed by atoms with Gasteiger partial charge in [0.05, 0.1) is 19.3 Å². The number of anilines is 1. The summed E-state index contributed by atoms with van der Waals surface area (Å²) in [6.07, 6.45) is 2.75. The van der Waals surface area contributed by atoms with E-state index in [4.69, 9.17) is 9.47 Å². The summed E-state index contributed by atoms with van der Waals surface area (Å²) in [7, 11) is 1.48. The van der Waals surface area contributed by atoms with E-state index in [1.165, 1.54) is 19.2 Å². The van der Waals surface area contributed by atoms with Crippen molar-refractivity contribution in [3.63, 3.8) is 0 Å². The summed E-state index contributed by atoms with van der Waals surface area (Å²) in [5.74, 6) is -0.422. The van der Waals surface area contributed by atoms with Crippen molar-refractivity contribution in [3.05, 3.63) is 54.0 Å². The zero-order valence-electron chi connectivity index (χ0n) is 16.1. The van der Waals surface area contributed by atoms with Crippen molar-refractivity contribution in [1.82, 2.24) is 9.88 Å². The number of halogens is 1. The van der Waals surface area contributed by atoms with E-state index in [-0.39, 0.29) is 24.2 Å². The summed E-state index contributed by atoms with van der Waals surface area (Å²) in [6.45, 7) is 1.26. The largest absolute Gasteiger partial charge is 0.480 e. The lowest BCUT2D eigenvalue weighted by Crippen LogP contribution is -2.59. The van der Waals surface area contributed by atoms with E-state index in [2.05, 4.69) is 4.98 Å². The maximum absolute atomic E-state index is 13.6. The quantitative estimate of drug-likeness (QED) is 0.792. The number of methoxy groups -OCH3 is 1. The molecule has 1 spiro atoms. The number of aromatic nitrogens is 1. The third kappa shape index (κ3) is 3.80. The number of benzene rings is 1. The molecule has 2 aliphatic heterocycles. The van der Waals surface area contributed by atoms with Crippen LogP contribution in [0.1, 0.15) is 23.2 Å². The number of ether oxygens (including phenoxy) is 2. The van der Waals surface area contributed by atoms with Crippen LogP contribution in [0.2, 0.25) is 0 Å². The van der Waals surface area contributed by atoms with Gasteiger partial charge in [0.1, 0.15) is 18.0 Å². The lowest BCUT2D eigenvalue weighted by atomic mass is 9.88. The van der Waals surface area contributed by atoms with E-state index in [0.717, 1.165) is 0 Å². The van der Waals surface area contributed by atoms with Gasteiger partial charge >= 0.3 is 0 Å². The van der Waals surface area contributed by atoms with Crippen LogP contribution in [0.25, 0.3) is 0 Å². The third-order valence-corrected chi connectivity index (χ3v) is 5.53. The standard InChI is InChI=1S/C21H22FN3O4/c1-28-19-17(6-3-9-23-19)20(27)24-10-7-21(8-11-24)14-25(18(26)13-29-21)16-5-2-4-15(22)12-16/h2-6,9,12H,7-8,10-11,13-14H2,1H3. The number of likely N-dealkylation sites (tertiary alicyclic amines) is 1. The zero-order valence-corrected chi connectivity index (χ0v) is 16.1. The number of hydrogen-bond acceptors (Lipinski definition) is 5. The van der Waals surface area contributed by atoms with Gasteiger partial charge in [-0.15, -0.1) is 0 Å². The summed E-state index contributed by atoms with van der Waals surface area (Å²) >= 11 is 0. The summed E-state index contributed by atoms with van der Waals surface area (Å²) < 4.78 is 24.7. The van der Waals surface area contributed by atoms with Crippen molar-refractivity contribution in [2.75, 3.05) is 38.3 Å². The first kappa shape index (κ1) is 19.3. The van der Waals surface area contributed by atoms with Crippen LogP contribution in [0.4, 0.5) is 10.1 Å². The molecule has 0 aliphatic carbocycles. The molecule has 0 unspecified atom stereocenters. The molecular formula is C21H22FN3O4. The normalized spacial score (nSPS) is 18.8. The molecule has 0 bridgehead atoms. The zero-order chi connectivity index (χ0) is 20.4. The van der Waals surface area contributed by atoms with Crippen molar-refractivity contribution >= 4 is 17.5 Å². The average Bonchev–Trinajstić information content (AvgIpc) is 2.75. The number of morpholine rings is 1. The Hall–Kier alpha value is -3.00. The molecule has 1 aromatic heterocycles. The van der Waals surface area contributed by atoms with Crippen LogP contribution in [0.5, 0.6) is 5.88 Å². The number of piperidine rings is 1. The van der Waals surface area contributed by atoms with Crippen LogP contribution >= 0.6 is 0 Å². The molecule has 1 aromatic carbocycles. The van der Waals surface area contributed by atoms with Crippen molar-refractivity contribution in [2.45, 2.75) is 18.4 Å². The number of carbonyl (C=O) groups is 2. The molecule has 4 rings (SSSR count). The fourth-order valence-corrected chi connectivity index (χ4v) is 3.90. The van der Waals surface area contributed by atoms with E-state index in [9.17, 15) is 14.0 Å². The molecular weight excluding hydrogens is 377 g/mol. The van der Waals surface area contributed by atoms with Crippen LogP contribution in [-0.4, -0.2) is 60.7 Å². The Balaban J connectivity index is 1.47. The number of hydrogen-bond donors (Lipinski definition) is 0. The monoisotopic (exact) mass is 399 g/mol. The van der Waals surface area contributed by atoms with Gasteiger partial charge in [-0.3, -0.25) is 9.59 Å². The fourth-order valence-electron chi connectivity index (χ4n) is 3.90. The summed E-state index contributed by atoms with van der Waals surface area (Å²) in [5, 5.41) is 0. The maximum atomic E-state index is 13.6. The average molecular weight is 399 g/mol. The highest BCUT2D eigenvalue weighted by Crippen LogP contribution is 2.33. The second kappa shape index (κ2) is 7.79. The molecule has 2 amide bonds. The molecule has 8 heteroatoms. The van der Waals surface area contributed by atoms with Gasteiger partial charge in [0.15, 0.2) is 0 Å². The first-order valence-corrected chi connectivity index (χ1v) is 9.49. The second-order valence-electron chi connectivity index (χ2n) is 7.28. The van der Waals surface area contributed by atoms with Gasteiger partial charge in [0, 0.05) is 25.0 Å². The van der Waals surface area contributed by atoms with E-state index < -0.39 is 5.60 Å². The Morgan fingerprint density at radius 3 is 2.76 bits per heavy atom. The van der Waals surface area contributed by atoms with E-state index in [1.807, 2.05) is 0 Å². The fraction of sp³-hybridized carbons (Fsp3) is 0.381. The molecule has 2 aliphatic rings. The van der Waals surface area contributed by atoms with Crippen LogP contribution in [-0.2, 0) is 9.53 Å². The molecule has 0 N–H and O–H groups in total. The number of nitrogens with zero attached hydrogens (tertiary/aromatic N) is 3. The molecule has 3 heterocycles. The van der Waals surface area contributed by atoms with Gasteiger partial charge in [-0.1, -0.05) is 6.07 Å². The number of rotatable bonds is 3. The lowest BCUT2D eigenvalue weighted by molar-refractivity contribution is -0.143. The Kier molecular flexibility index (Phi) is 5.19. The molecule has 152 valence electrons. The predicted molar refractivity (Wildman–Crippen MR) is 103 cm³/mol. The Morgan fingerprint density at radius 2 is 2.03 bits per heavy atom. The summed E-state index contributed by atoms with van der Waals surface area (Å²) in [5.41, 5.74) is 0.402. The van der Waals surface area contributed by atoms with Crippen molar-refractivity contribution < 1.29 is 23.5 Å². The van der Waals surface area contributed by atoms with Crippen molar-refractivity contribution in [2.24, 2.45) is 0 Å². The molecule has 29 heavy (non-hydrogen) atoms. The SMILES string of the molecule is COc1ncccc1C(=O)N1CCC2(CC1)CN(c1cccc(F)c1)C(=O)CO2. The van der Waals surface area contributed by atoms with E-state index in [0.29, 0.717) is 49.6 Å². The van der Waals surface area contributed by atoms with Crippen molar-refractivity contribution in [3.8, 4) is 5.88 Å². The van der Waals surface area contributed by atoms with Gasteiger partial charge in [0.25, 0.3) is 11.8 Å². The Bertz CT molecular complexity index is 928. The minimum Gasteiger partial charge on any atom is -0.480 e. The molecule has 2 saturated heterocycles. The third-order valence-electron chi connectivity index (χ3n) is 5.53. The predicted octanol–water partition coefficient (Wildman–Crippen LogP) is 2.27. The van der Waals surface area contributed by atoms with Crippen LogP contribution in [0, 0.1) is 5.82 Å². The highest BCUT2D eigenvalue weighted by molar-refractivity contribution is 5.97. The smallest absolute Gasteiger partial charge is 0.259 e. The Morgan fingerprint density at radius 1 is 1.24 bits per heavy atom. The minimum absolute atomic E-state index is 0.0547. The number of amides is 2. The van der Waals surface area contributed by atoms with Crippen LogP contribution in [0.15, 0.2) is 42.6 Å². The molecule has 2 fully saturated rings.